The number of rotatable bonds is 0. The Hall–Kier alpha value is 1.48. The van der Waals surface area contributed by atoms with Gasteiger partial charge in [-0.15, -0.1) is 0 Å². The molecule has 0 aromatic carbocycles. The molecule has 0 heterocycles. The van der Waals surface area contributed by atoms with Gasteiger partial charge in [-0.3, -0.25) is 0 Å². The molecule has 44 valence electrons. The van der Waals surface area contributed by atoms with Gasteiger partial charge in [0.15, 0.2) is 0 Å². The number of fused-ring (bicyclic) bond motifs is 2. The second-order valence-electron chi connectivity index (χ2n) is 3.12. The summed E-state index contributed by atoms with van der Waals surface area (Å²) in [6.07, 6.45) is 7.82. The predicted molar refractivity (Wildman–Crippen MR) is 38.6 cm³/mol. The van der Waals surface area contributed by atoms with Crippen molar-refractivity contribution in [2.75, 3.05) is 0 Å². The Kier molecular flexibility index (Phi) is 2.89. The molecule has 0 nitrogen and oxygen atoms in total. The van der Waals surface area contributed by atoms with Crippen LogP contribution in [0, 0.1) is 11.8 Å². The van der Waals surface area contributed by atoms with Crippen LogP contribution in [0.15, 0.2) is 0 Å². The molecule has 1 heteroatoms. The molecule has 0 unspecified atom stereocenters. The van der Waals surface area contributed by atoms with E-state index in [0.29, 0.717) is 0 Å². The Morgan fingerprint density at radius 1 is 0.750 bits per heavy atom. The summed E-state index contributed by atoms with van der Waals surface area (Å²) in [5.41, 5.74) is 0. The maximum atomic E-state index is 1.58. The summed E-state index contributed by atoms with van der Waals surface area (Å²) in [4.78, 5) is 0. The first-order valence-electron chi connectivity index (χ1n) is 3.45. The van der Waals surface area contributed by atoms with Crippen molar-refractivity contribution < 1.29 is 0 Å². The van der Waals surface area contributed by atoms with Gasteiger partial charge >= 0.3 is 45.5 Å². The van der Waals surface area contributed by atoms with Crippen LogP contribution in [-0.2, 0) is 0 Å². The van der Waals surface area contributed by atoms with Crippen LogP contribution < -0.4 is 0 Å². The van der Waals surface area contributed by atoms with Crippen molar-refractivity contribution in [1.82, 2.24) is 0 Å². The van der Waals surface area contributed by atoms with Gasteiger partial charge in [0.2, 0.25) is 0 Å². The summed E-state index contributed by atoms with van der Waals surface area (Å²) in [6, 6.07) is 0. The van der Waals surface area contributed by atoms with E-state index in [-0.39, 0.29) is 45.5 Å². The van der Waals surface area contributed by atoms with Crippen molar-refractivity contribution in [2.24, 2.45) is 11.8 Å². The van der Waals surface area contributed by atoms with Crippen LogP contribution in [0.3, 0.4) is 0 Å². The summed E-state index contributed by atoms with van der Waals surface area (Å²) in [6.45, 7) is 0. The quantitative estimate of drug-likeness (QED) is 0.499. The molecular formula is C7H14Sr. The molecule has 2 aliphatic carbocycles. The first-order valence-corrected chi connectivity index (χ1v) is 3.45. The fourth-order valence-electron chi connectivity index (χ4n) is 2.17. The Bertz CT molecular complexity index is 62.5. The summed E-state index contributed by atoms with van der Waals surface area (Å²) in [5.74, 6) is 2.34. The molecule has 0 saturated heterocycles. The molecule has 2 fully saturated rings. The first-order chi connectivity index (χ1) is 3.45. The van der Waals surface area contributed by atoms with Gasteiger partial charge in [-0.2, -0.15) is 0 Å². The third kappa shape index (κ3) is 1.31. The van der Waals surface area contributed by atoms with Gasteiger partial charge in [-0.25, -0.2) is 0 Å². The summed E-state index contributed by atoms with van der Waals surface area (Å²) in [5, 5.41) is 0. The van der Waals surface area contributed by atoms with Gasteiger partial charge < -0.3 is 0 Å². The molecule has 2 bridgehead atoms. The van der Waals surface area contributed by atoms with Crippen LogP contribution in [0.4, 0.5) is 0 Å². The van der Waals surface area contributed by atoms with E-state index in [9.17, 15) is 0 Å². The molecule has 0 radical (unpaired) electrons. The van der Waals surface area contributed by atoms with Crippen molar-refractivity contribution in [2.45, 2.75) is 32.1 Å². The van der Waals surface area contributed by atoms with E-state index >= 15 is 0 Å². The van der Waals surface area contributed by atoms with Crippen LogP contribution in [0.1, 0.15) is 32.1 Å². The van der Waals surface area contributed by atoms with Gasteiger partial charge in [-0.05, 0) is 18.3 Å². The minimum atomic E-state index is 0. The predicted octanol–water partition coefficient (Wildman–Crippen LogP) is 1.28. The van der Waals surface area contributed by atoms with Crippen molar-refractivity contribution >= 4 is 45.5 Å². The van der Waals surface area contributed by atoms with Crippen molar-refractivity contribution in [3.63, 3.8) is 0 Å². The second kappa shape index (κ2) is 3.05. The third-order valence-corrected chi connectivity index (χ3v) is 2.63. The van der Waals surface area contributed by atoms with Crippen molar-refractivity contribution in [3.05, 3.63) is 0 Å². The number of hydrogen-bond donors (Lipinski definition) is 0. The number of hydrogen-bond acceptors (Lipinski definition) is 0. The Labute approximate surface area is 88.3 Å². The van der Waals surface area contributed by atoms with Crippen molar-refractivity contribution in [1.29, 1.82) is 0 Å². The van der Waals surface area contributed by atoms with E-state index in [1.54, 1.807) is 32.1 Å². The van der Waals surface area contributed by atoms with Gasteiger partial charge in [0, 0.05) is 0 Å². The minimum absolute atomic E-state index is 0. The molecule has 2 aliphatic rings. The molecular weight excluding hydrogens is 172 g/mol. The fourth-order valence-corrected chi connectivity index (χ4v) is 2.17. The maximum absolute atomic E-state index is 1.58. The zero-order valence-electron chi connectivity index (χ0n) is 4.69. The monoisotopic (exact) mass is 186 g/mol. The zero-order chi connectivity index (χ0) is 4.69. The van der Waals surface area contributed by atoms with E-state index in [2.05, 4.69) is 0 Å². The van der Waals surface area contributed by atoms with E-state index in [1.165, 1.54) is 11.8 Å². The Morgan fingerprint density at radius 2 is 1.12 bits per heavy atom. The molecule has 0 spiro atoms. The standard InChI is InChI=1S/C7H12.Sr.2H/c1-2-7-4-3-6(1)5-7;;;/h6-7H,1-5H2;;;. The summed E-state index contributed by atoms with van der Waals surface area (Å²) >= 11 is 0. The molecule has 8 heavy (non-hydrogen) atoms. The molecule has 0 aromatic rings. The molecule has 0 N–H and O–H groups in total. The van der Waals surface area contributed by atoms with E-state index < -0.39 is 0 Å². The molecule has 0 aliphatic heterocycles. The normalized spacial score (nSPS) is 42.0. The van der Waals surface area contributed by atoms with E-state index in [0.717, 1.165) is 0 Å². The molecule has 2 saturated carbocycles. The third-order valence-electron chi connectivity index (χ3n) is 2.63. The van der Waals surface area contributed by atoms with E-state index in [4.69, 9.17) is 0 Å². The van der Waals surface area contributed by atoms with Crippen LogP contribution in [-0.4, -0.2) is 45.5 Å². The molecule has 2 rings (SSSR count). The molecule has 0 aromatic heterocycles. The average molecular weight is 186 g/mol. The SMILES string of the molecule is C1CC2CCC1C2.[SrH2]. The van der Waals surface area contributed by atoms with Crippen LogP contribution in [0.5, 0.6) is 0 Å². The van der Waals surface area contributed by atoms with E-state index in [1.807, 2.05) is 0 Å². The summed E-state index contributed by atoms with van der Waals surface area (Å²) < 4.78 is 0. The van der Waals surface area contributed by atoms with Crippen LogP contribution >= 0.6 is 0 Å². The van der Waals surface area contributed by atoms with Crippen LogP contribution in [0.25, 0.3) is 0 Å². The topological polar surface area (TPSA) is 0 Å². The molecule has 0 amide bonds. The Balaban J connectivity index is 0.000000320. The second-order valence-corrected chi connectivity index (χ2v) is 3.12. The average Bonchev–Trinajstić information content (AvgIpc) is 2.22. The van der Waals surface area contributed by atoms with Gasteiger partial charge in [0.1, 0.15) is 0 Å². The van der Waals surface area contributed by atoms with Gasteiger partial charge in [0.25, 0.3) is 0 Å². The van der Waals surface area contributed by atoms with Crippen molar-refractivity contribution in [3.8, 4) is 0 Å². The Morgan fingerprint density at radius 3 is 1.25 bits per heavy atom. The fraction of sp³-hybridized carbons (Fsp3) is 1.00. The van der Waals surface area contributed by atoms with Crippen LogP contribution in [0.2, 0.25) is 0 Å². The first kappa shape index (κ1) is 7.59. The molecule has 0 atom stereocenters. The van der Waals surface area contributed by atoms with Gasteiger partial charge in [0.05, 0.1) is 0 Å². The summed E-state index contributed by atoms with van der Waals surface area (Å²) in [7, 11) is 0. The van der Waals surface area contributed by atoms with Gasteiger partial charge in [-0.1, -0.05) is 25.7 Å². The zero-order valence-corrected chi connectivity index (χ0v) is 4.69.